The van der Waals surface area contributed by atoms with E-state index < -0.39 is 11.9 Å². The average molecular weight is 401 g/mol. The molecule has 0 aliphatic carbocycles. The molecule has 0 aliphatic heterocycles. The summed E-state index contributed by atoms with van der Waals surface area (Å²) in [7, 11) is 1.58. The van der Waals surface area contributed by atoms with Crippen LogP contribution in [0.25, 0.3) is 0 Å². The first-order valence-electron chi connectivity index (χ1n) is 9.48. The van der Waals surface area contributed by atoms with E-state index in [1.807, 2.05) is 45.0 Å². The average Bonchev–Trinajstić information content (AvgIpc) is 2.73. The highest BCUT2D eigenvalue weighted by Crippen LogP contribution is 2.28. The van der Waals surface area contributed by atoms with Gasteiger partial charge in [0.25, 0.3) is 5.91 Å². The number of methoxy groups -OCH3 is 1. The number of ether oxygens (including phenoxy) is 4. The summed E-state index contributed by atoms with van der Waals surface area (Å²) in [5.74, 6) is 0.703. The van der Waals surface area contributed by atoms with E-state index in [2.05, 4.69) is 5.32 Å². The van der Waals surface area contributed by atoms with Crippen molar-refractivity contribution in [3.05, 3.63) is 53.6 Å². The van der Waals surface area contributed by atoms with Crippen molar-refractivity contribution in [2.75, 3.05) is 26.9 Å². The fourth-order valence-electron chi connectivity index (χ4n) is 2.67. The van der Waals surface area contributed by atoms with Crippen molar-refractivity contribution >= 4 is 11.9 Å². The molecule has 1 unspecified atom stereocenters. The largest absolute Gasteiger partial charge is 0.497 e. The third-order valence-corrected chi connectivity index (χ3v) is 4.08. The first-order chi connectivity index (χ1) is 14.0. The molecule has 0 saturated heterocycles. The third-order valence-electron chi connectivity index (χ3n) is 4.08. The van der Waals surface area contributed by atoms with Crippen molar-refractivity contribution in [3.8, 4) is 17.2 Å². The van der Waals surface area contributed by atoms with Crippen LogP contribution in [0, 0.1) is 0 Å². The molecule has 1 amide bonds. The molecule has 1 N–H and O–H groups in total. The predicted molar refractivity (Wildman–Crippen MR) is 109 cm³/mol. The number of nitrogens with one attached hydrogen (secondary N) is 1. The summed E-state index contributed by atoms with van der Waals surface area (Å²) >= 11 is 0. The number of hydrogen-bond acceptors (Lipinski definition) is 6. The van der Waals surface area contributed by atoms with Gasteiger partial charge in [0.15, 0.2) is 18.1 Å². The van der Waals surface area contributed by atoms with Gasteiger partial charge in [-0.1, -0.05) is 12.1 Å². The highest BCUT2D eigenvalue weighted by Gasteiger charge is 2.16. The van der Waals surface area contributed by atoms with Crippen molar-refractivity contribution in [3.63, 3.8) is 0 Å². The van der Waals surface area contributed by atoms with Crippen LogP contribution in [0.2, 0.25) is 0 Å². The van der Waals surface area contributed by atoms with Gasteiger partial charge >= 0.3 is 5.97 Å². The van der Waals surface area contributed by atoms with E-state index in [0.717, 1.165) is 5.56 Å². The maximum atomic E-state index is 12.3. The van der Waals surface area contributed by atoms with Crippen molar-refractivity contribution in [2.24, 2.45) is 0 Å². The monoisotopic (exact) mass is 401 g/mol. The Morgan fingerprint density at radius 1 is 1.00 bits per heavy atom. The lowest BCUT2D eigenvalue weighted by Crippen LogP contribution is -2.31. The van der Waals surface area contributed by atoms with E-state index in [9.17, 15) is 9.59 Å². The molecule has 2 aromatic carbocycles. The molecule has 156 valence electrons. The van der Waals surface area contributed by atoms with E-state index in [1.165, 1.54) is 0 Å². The Bertz CT molecular complexity index is 836. The van der Waals surface area contributed by atoms with Crippen LogP contribution in [0.1, 0.15) is 42.7 Å². The van der Waals surface area contributed by atoms with Crippen LogP contribution in [-0.4, -0.2) is 38.8 Å². The van der Waals surface area contributed by atoms with Crippen molar-refractivity contribution in [1.82, 2.24) is 5.32 Å². The minimum atomic E-state index is -0.613. The summed E-state index contributed by atoms with van der Waals surface area (Å²) in [5, 5.41) is 2.80. The standard InChI is InChI=1S/C22H27NO6/c1-5-27-19-11-10-17(13-20(19)28-6-2)22(25)29-14-21(24)23-15(3)16-8-7-9-18(12-16)26-4/h7-13,15H,5-6,14H2,1-4H3,(H,23,24). The molecular weight excluding hydrogens is 374 g/mol. The van der Waals surface area contributed by atoms with E-state index in [4.69, 9.17) is 18.9 Å². The van der Waals surface area contributed by atoms with Gasteiger partial charge in [0.05, 0.1) is 31.9 Å². The van der Waals surface area contributed by atoms with Crippen LogP contribution in [0.15, 0.2) is 42.5 Å². The first kappa shape index (κ1) is 22.1. The minimum absolute atomic E-state index is 0.258. The number of carbonyl (C=O) groups excluding carboxylic acids is 2. The van der Waals surface area contributed by atoms with Gasteiger partial charge in [0, 0.05) is 0 Å². The van der Waals surface area contributed by atoms with Gasteiger partial charge in [-0.3, -0.25) is 4.79 Å². The molecule has 2 rings (SSSR count). The molecular formula is C22H27NO6. The van der Waals surface area contributed by atoms with Gasteiger partial charge in [0.2, 0.25) is 0 Å². The van der Waals surface area contributed by atoms with Gasteiger partial charge in [-0.2, -0.15) is 0 Å². The van der Waals surface area contributed by atoms with Crippen molar-refractivity contribution < 1.29 is 28.5 Å². The normalized spacial score (nSPS) is 11.3. The third kappa shape index (κ3) is 6.41. The van der Waals surface area contributed by atoms with Crippen molar-refractivity contribution in [1.29, 1.82) is 0 Å². The Hall–Kier alpha value is -3.22. The van der Waals surface area contributed by atoms with Crippen LogP contribution < -0.4 is 19.5 Å². The summed E-state index contributed by atoms with van der Waals surface area (Å²) in [6, 6.07) is 11.9. The molecule has 0 bridgehead atoms. The zero-order valence-electron chi connectivity index (χ0n) is 17.2. The summed E-state index contributed by atoms with van der Waals surface area (Å²) in [5.41, 5.74) is 1.17. The Kier molecular flexibility index (Phi) is 8.33. The molecule has 0 heterocycles. The number of hydrogen-bond donors (Lipinski definition) is 1. The Balaban J connectivity index is 1.93. The molecule has 0 spiro atoms. The van der Waals surface area contributed by atoms with E-state index in [-0.39, 0.29) is 18.2 Å². The number of amides is 1. The van der Waals surface area contributed by atoms with Crippen molar-refractivity contribution in [2.45, 2.75) is 26.8 Å². The zero-order chi connectivity index (χ0) is 21.2. The van der Waals surface area contributed by atoms with E-state index in [0.29, 0.717) is 30.5 Å². The summed E-state index contributed by atoms with van der Waals surface area (Å²) in [6.45, 7) is 6.08. The fourth-order valence-corrected chi connectivity index (χ4v) is 2.67. The Morgan fingerprint density at radius 3 is 2.41 bits per heavy atom. The second-order valence-electron chi connectivity index (χ2n) is 6.17. The maximum Gasteiger partial charge on any atom is 0.338 e. The molecule has 0 aliphatic rings. The lowest BCUT2D eigenvalue weighted by Gasteiger charge is -2.15. The van der Waals surface area contributed by atoms with Crippen LogP contribution in [0.5, 0.6) is 17.2 Å². The molecule has 1 atom stereocenters. The highest BCUT2D eigenvalue weighted by molar-refractivity contribution is 5.92. The Labute approximate surface area is 170 Å². The van der Waals surface area contributed by atoms with E-state index >= 15 is 0 Å². The van der Waals surface area contributed by atoms with E-state index in [1.54, 1.807) is 25.3 Å². The van der Waals surface area contributed by atoms with Crippen LogP contribution in [0.3, 0.4) is 0 Å². The smallest absolute Gasteiger partial charge is 0.338 e. The molecule has 2 aromatic rings. The molecule has 0 fully saturated rings. The van der Waals surface area contributed by atoms with Crippen LogP contribution >= 0.6 is 0 Å². The van der Waals surface area contributed by atoms with Gasteiger partial charge < -0.3 is 24.3 Å². The topological polar surface area (TPSA) is 83.1 Å². The number of rotatable bonds is 10. The first-order valence-corrected chi connectivity index (χ1v) is 9.48. The molecule has 0 aromatic heterocycles. The maximum absolute atomic E-state index is 12.3. The zero-order valence-corrected chi connectivity index (χ0v) is 17.2. The van der Waals surface area contributed by atoms with Gasteiger partial charge in [-0.05, 0) is 56.7 Å². The Morgan fingerprint density at radius 2 is 1.72 bits per heavy atom. The molecule has 7 nitrogen and oxygen atoms in total. The molecule has 0 radical (unpaired) electrons. The number of benzene rings is 2. The number of carbonyl (C=O) groups is 2. The number of esters is 1. The highest BCUT2D eigenvalue weighted by atomic mass is 16.5. The van der Waals surface area contributed by atoms with Crippen LogP contribution in [0.4, 0.5) is 0 Å². The molecule has 7 heteroatoms. The van der Waals surface area contributed by atoms with Crippen LogP contribution in [-0.2, 0) is 9.53 Å². The SMILES string of the molecule is CCOc1ccc(C(=O)OCC(=O)NC(C)c2cccc(OC)c2)cc1OCC. The second kappa shape index (κ2) is 10.9. The second-order valence-corrected chi connectivity index (χ2v) is 6.17. The summed E-state index contributed by atoms with van der Waals surface area (Å²) < 4.78 is 21.3. The predicted octanol–water partition coefficient (Wildman–Crippen LogP) is 3.53. The molecule has 0 saturated carbocycles. The summed E-state index contributed by atoms with van der Waals surface area (Å²) in [6.07, 6.45) is 0. The van der Waals surface area contributed by atoms with Gasteiger partial charge in [-0.15, -0.1) is 0 Å². The van der Waals surface area contributed by atoms with Gasteiger partial charge in [-0.25, -0.2) is 4.79 Å². The lowest BCUT2D eigenvalue weighted by atomic mass is 10.1. The minimum Gasteiger partial charge on any atom is -0.497 e. The lowest BCUT2D eigenvalue weighted by molar-refractivity contribution is -0.124. The quantitative estimate of drug-likeness (QED) is 0.613. The fraction of sp³-hybridized carbons (Fsp3) is 0.364. The molecule has 29 heavy (non-hydrogen) atoms. The van der Waals surface area contributed by atoms with Gasteiger partial charge in [0.1, 0.15) is 5.75 Å². The summed E-state index contributed by atoms with van der Waals surface area (Å²) in [4.78, 5) is 24.5.